The van der Waals surface area contributed by atoms with Crippen molar-refractivity contribution in [2.45, 2.75) is 13.8 Å². The van der Waals surface area contributed by atoms with E-state index in [2.05, 4.69) is 45.7 Å². The van der Waals surface area contributed by atoms with Crippen molar-refractivity contribution in [2.75, 3.05) is 9.80 Å². The van der Waals surface area contributed by atoms with E-state index in [9.17, 15) is 0 Å². The van der Waals surface area contributed by atoms with Crippen molar-refractivity contribution in [1.82, 2.24) is 0 Å². The summed E-state index contributed by atoms with van der Waals surface area (Å²) in [6.07, 6.45) is 0. The van der Waals surface area contributed by atoms with Gasteiger partial charge in [0.25, 0.3) is 0 Å². The van der Waals surface area contributed by atoms with Gasteiger partial charge in [0, 0.05) is 0 Å². The zero-order valence-corrected chi connectivity index (χ0v) is 261. The second kappa shape index (κ2) is 42.7. The minimum atomic E-state index is 0.303. The van der Waals surface area contributed by atoms with Gasteiger partial charge in [-0.25, -0.2) is 0 Å². The number of hydrogen-bond acceptors (Lipinski definition) is 2. The summed E-state index contributed by atoms with van der Waals surface area (Å²) in [5.74, 6) is 0. The standard InChI is InChI=1S/C38H6N2.26Ra.26H/c1-29-13-21-35(22-14-29)39(33-9-5-3-6-10-33)37-25-17-31(18-26-37)32-19-27-38(28-20-32)40(34-11-7-4-8-12-34)36-23-15-30(2)16-24-36;;;;;;;;;;;;;;;;;;;;;;;;;;;;;;;;;;;;;;;;;;;;;;;;;;;;/h1-2H3;;;;;;;;;;;;;;;;;;;;;;;;;;;;;;;;;;;;;;;;;;;;;;;;;;;;. The summed E-state index contributed by atoms with van der Waals surface area (Å²) < 4.78 is 54.0. The van der Waals surface area contributed by atoms with E-state index >= 15 is 0 Å². The van der Waals surface area contributed by atoms with Crippen molar-refractivity contribution in [3.05, 3.63) is 11.1 Å². The SMILES string of the molecule is Cc1[c]([RaH])[c]([RaH])c(N(c2[c]([RaH])[c]([RaH])[c]([RaH])[c]([RaH])[c]2[RaH])c2[c]([RaH])[c]([RaH])c(-c3[c]([RaH])[c]([RaH])c(N(c4[c]([RaH])[c]([RaH])c(C)[c]([RaH])[c]4[RaH])c4[c]([RaH])[c]([RaH])[c]([RaH])[c]([RaH])[c]4[RaH])[c]([RaH])[c]3[RaH])[c]([RaH])[c]2[RaH])[c]([RaH])[c]1[RaH]. The maximum absolute atomic E-state index is 3.39. The summed E-state index contributed by atoms with van der Waals surface area (Å²) in [6, 6.07) is 0. The van der Waals surface area contributed by atoms with Crippen molar-refractivity contribution in [2.24, 2.45) is 0 Å². The molecule has 0 amide bonds. The van der Waals surface area contributed by atoms with Crippen LogP contribution in [0.5, 0.6) is 0 Å². The van der Waals surface area contributed by atoms with Crippen molar-refractivity contribution in [3.8, 4) is 11.1 Å². The Balaban J connectivity index is 1.77. The van der Waals surface area contributed by atoms with Gasteiger partial charge in [0.15, 0.2) is 0 Å². The van der Waals surface area contributed by atoms with Crippen LogP contribution in [-0.2, 0) is 0 Å². The second-order valence-corrected chi connectivity index (χ2v) is 128. The van der Waals surface area contributed by atoms with E-state index < -0.39 is 0 Å². The number of benzene rings is 6. The minimum absolute atomic E-state index is 0.303. The van der Waals surface area contributed by atoms with Gasteiger partial charge < -0.3 is 0 Å². The first-order chi connectivity index (χ1) is 30.5. The van der Waals surface area contributed by atoms with E-state index in [-0.39, 0.29) is 0 Å². The fourth-order valence-corrected chi connectivity index (χ4v) is 233. The average Bonchev–Trinajstić information content (AvgIpc) is 3.28. The molecule has 0 heterocycles. The van der Waals surface area contributed by atoms with Gasteiger partial charge in [0.2, 0.25) is 0 Å². The quantitative estimate of drug-likeness (QED) is 0.157. The Labute approximate surface area is 1150 Å². The van der Waals surface area contributed by atoms with Crippen LogP contribution < -0.4 is 25.5 Å². The Bertz CT molecular complexity index is 2630. The molecule has 0 atom stereocenters. The number of rotatable bonds is 7. The third-order valence-electron chi connectivity index (χ3n) is 18.6. The van der Waals surface area contributed by atoms with Crippen LogP contribution in [0.1, 0.15) is 11.1 Å². The van der Waals surface area contributed by atoms with Gasteiger partial charge in [0.05, 0.1) is 0 Å². The molecule has 0 bridgehead atoms. The van der Waals surface area contributed by atoms with E-state index in [4.69, 9.17) is 0 Å². The Kier molecular flexibility index (Phi) is 57.0. The molecule has 2 nitrogen and oxygen atoms in total. The number of hydrogen-bond donors (Lipinski definition) is 0. The van der Waals surface area contributed by atoms with Gasteiger partial charge in [-0.15, -0.1) is 0 Å². The van der Waals surface area contributed by atoms with E-state index in [0.717, 1.165) is 0 Å². The summed E-state index contributed by atoms with van der Waals surface area (Å²) in [5.41, 5.74) is 20.0. The molecular weight excluding hydrogens is 6360 g/mol. The zero-order valence-electron chi connectivity index (χ0n) is 46.9. The van der Waals surface area contributed by atoms with Crippen molar-refractivity contribution in [1.29, 1.82) is 0 Å². The van der Waals surface area contributed by atoms with Crippen molar-refractivity contribution in [3.63, 3.8) is 0 Å². The van der Waals surface area contributed by atoms with Gasteiger partial charge in [-0.3, -0.25) is 0 Å². The Morgan fingerprint density at radius 2 is 0.288 bits per heavy atom. The summed E-state index contributed by atoms with van der Waals surface area (Å²) in [5, 5.41) is 0. The predicted octanol–water partition coefficient (Wildman–Crippen LogP) is -17.5. The van der Waals surface area contributed by atoms with Gasteiger partial charge in [-0.1, -0.05) is 0 Å². The van der Waals surface area contributed by atoms with Gasteiger partial charge in [0.1, 0.15) is 0 Å². The molecular formula is C38H32N2Ra26. The summed E-state index contributed by atoms with van der Waals surface area (Å²) in [7, 11) is 0. The van der Waals surface area contributed by atoms with E-state index in [1.54, 1.807) is 0 Å². The molecule has 0 aromatic heterocycles. The normalized spacial score (nSPS) is 10.8. The second-order valence-electron chi connectivity index (χ2n) is 21.0. The zero-order chi connectivity index (χ0) is 49.9. The molecule has 0 radical (unpaired) electrons. The predicted molar refractivity (Wildman–Crippen MR) is 197 cm³/mol. The first kappa shape index (κ1) is 88.0. The van der Waals surface area contributed by atoms with Crippen LogP contribution in [0.25, 0.3) is 11.1 Å². The summed E-state index contributed by atoms with van der Waals surface area (Å²) in [4.78, 5) is 6.77. The monoisotopic (exact) mass is 6390 g/mol. The molecule has 0 unspecified atom stereocenters. The fourth-order valence-electron chi connectivity index (χ4n) is 11.9. The van der Waals surface area contributed by atoms with E-state index in [1.807, 2.05) is 50.1 Å². The van der Waals surface area contributed by atoms with Gasteiger partial charge in [-0.2, -0.15) is 0 Å². The molecule has 0 aliphatic rings. The fraction of sp³-hybridized carbons (Fsp3) is 0.0526. The topological polar surface area (TPSA) is 6.48 Å². The third kappa shape index (κ3) is 21.3. The first-order valence-electron chi connectivity index (χ1n) is 24.6. The van der Waals surface area contributed by atoms with Crippen molar-refractivity contribution < 1.29 is 1110 Å². The Hall–Kier alpha value is 33.1. The Morgan fingerprint density at radius 3 is 0.455 bits per heavy atom. The van der Waals surface area contributed by atoms with Crippen LogP contribution in [0.15, 0.2) is 0 Å². The van der Waals surface area contributed by atoms with Crippen LogP contribution in [0.2, 0.25) is 0 Å². The van der Waals surface area contributed by atoms with Gasteiger partial charge in [-0.05, 0) is 0 Å². The molecule has 28 heteroatoms. The summed E-state index contributed by atoms with van der Waals surface area (Å²) in [6.45, 7) is 5.24. The molecule has 0 fully saturated rings. The van der Waals surface area contributed by atoms with Crippen LogP contribution in [0.3, 0.4) is 0 Å². The van der Waals surface area contributed by atoms with Crippen LogP contribution in [-0.4, -0.2) is 0 Å². The molecule has 6 rings (SSSR count). The molecule has 0 N–H and O–H groups in total. The average molecular weight is 6390 g/mol. The molecule has 0 aliphatic carbocycles. The third-order valence-corrected chi connectivity index (χ3v) is 431. The van der Waals surface area contributed by atoms with Crippen LogP contribution in [0, 0.1) is 1130 Å². The molecule has 0 spiro atoms. The molecule has 246 valence electrons. The molecule has 66 heavy (non-hydrogen) atoms. The summed E-state index contributed by atoms with van der Waals surface area (Å²) >= 11 is 10.1. The van der Waals surface area contributed by atoms with Gasteiger partial charge >= 0.3 is 1210 Å². The van der Waals surface area contributed by atoms with E-state index in [0.29, 0.717) is 1110 Å². The molecule has 0 aliphatic heterocycles. The van der Waals surface area contributed by atoms with Crippen molar-refractivity contribution >= 4 is 49.8 Å². The molecule has 0 saturated heterocycles. The number of nitrogens with zero attached hydrogens (tertiary/aromatic N) is 2. The molecule has 0 saturated carbocycles. The number of anilines is 6. The Morgan fingerprint density at radius 1 is 0.167 bits per heavy atom. The van der Waals surface area contributed by atoms with E-state index in [1.165, 1.54) is 0 Å². The molecule has 6 aromatic rings. The van der Waals surface area contributed by atoms with Crippen LogP contribution in [0.4, 0.5) is 34.1 Å². The molecule has 6 aromatic carbocycles. The van der Waals surface area contributed by atoms with Crippen LogP contribution >= 0.6 is 0 Å². The first-order valence-corrected chi connectivity index (χ1v) is 131. The maximum atomic E-state index is 3.39.